The van der Waals surface area contributed by atoms with E-state index in [4.69, 9.17) is 16.3 Å². The number of halogens is 1. The number of hydrogen-bond acceptors (Lipinski definition) is 4. The maximum atomic E-state index is 12.8. The molecule has 1 amide bonds. The summed E-state index contributed by atoms with van der Waals surface area (Å²) in [4.78, 5) is 19.8. The fraction of sp³-hybridized carbons (Fsp3) is 0.524. The summed E-state index contributed by atoms with van der Waals surface area (Å²) in [6.45, 7) is 12.6. The number of fused-ring (bicyclic) bond motifs is 1. The Bertz CT molecular complexity index is 843. The van der Waals surface area contributed by atoms with E-state index in [1.807, 2.05) is 31.2 Å². The monoisotopic (exact) mass is 389 g/mol. The number of ether oxygens (including phenoxy) is 1. The van der Waals surface area contributed by atoms with Gasteiger partial charge in [-0.05, 0) is 58.9 Å². The van der Waals surface area contributed by atoms with Gasteiger partial charge in [-0.1, -0.05) is 11.6 Å². The quantitative estimate of drug-likeness (QED) is 0.863. The fourth-order valence-electron chi connectivity index (χ4n) is 3.65. The zero-order valence-corrected chi connectivity index (χ0v) is 17.4. The number of hydrogen-bond donors (Lipinski definition) is 1. The van der Waals surface area contributed by atoms with Gasteiger partial charge in [0.05, 0.1) is 29.0 Å². The highest BCUT2D eigenvalue weighted by Crippen LogP contribution is 2.22. The van der Waals surface area contributed by atoms with Gasteiger partial charge >= 0.3 is 0 Å². The molecule has 1 aliphatic rings. The summed E-state index contributed by atoms with van der Waals surface area (Å²) in [5, 5.41) is 4.60. The number of pyridine rings is 1. The van der Waals surface area contributed by atoms with E-state index in [0.717, 1.165) is 24.0 Å². The third kappa shape index (κ3) is 4.60. The number of morpholine rings is 1. The predicted molar refractivity (Wildman–Crippen MR) is 109 cm³/mol. The van der Waals surface area contributed by atoms with Crippen LogP contribution in [0.4, 0.5) is 0 Å². The zero-order chi connectivity index (χ0) is 19.8. The van der Waals surface area contributed by atoms with E-state index in [9.17, 15) is 4.79 Å². The first-order valence-corrected chi connectivity index (χ1v) is 9.79. The van der Waals surface area contributed by atoms with Crippen molar-refractivity contribution in [1.82, 2.24) is 15.2 Å². The Morgan fingerprint density at radius 2 is 1.96 bits per heavy atom. The summed E-state index contributed by atoms with van der Waals surface area (Å²) in [5.41, 5.74) is 1.98. The minimum atomic E-state index is -0.163. The molecule has 0 spiro atoms. The van der Waals surface area contributed by atoms with Crippen molar-refractivity contribution in [2.75, 3.05) is 19.6 Å². The number of nitrogens with zero attached hydrogens (tertiary/aromatic N) is 2. The number of aryl methyl sites for hydroxylation is 1. The first kappa shape index (κ1) is 20.1. The number of amides is 1. The second kappa shape index (κ2) is 7.74. The molecule has 1 fully saturated rings. The Labute approximate surface area is 166 Å². The molecule has 1 aliphatic heterocycles. The normalized spacial score (nSPS) is 21.4. The van der Waals surface area contributed by atoms with Gasteiger partial charge in [-0.3, -0.25) is 14.7 Å². The van der Waals surface area contributed by atoms with Crippen LogP contribution >= 0.6 is 11.6 Å². The molecule has 146 valence electrons. The van der Waals surface area contributed by atoms with Gasteiger partial charge in [0, 0.05) is 35.6 Å². The predicted octanol–water partition coefficient (Wildman–Crippen LogP) is 3.81. The molecule has 2 atom stereocenters. The lowest BCUT2D eigenvalue weighted by molar-refractivity contribution is -0.0948. The van der Waals surface area contributed by atoms with Crippen molar-refractivity contribution in [3.05, 3.63) is 40.5 Å². The Morgan fingerprint density at radius 1 is 1.30 bits per heavy atom. The summed E-state index contributed by atoms with van der Waals surface area (Å²) in [6.07, 6.45) is 0.390. The van der Waals surface area contributed by atoms with Gasteiger partial charge in [-0.25, -0.2) is 0 Å². The van der Waals surface area contributed by atoms with Gasteiger partial charge in [0.25, 0.3) is 5.91 Å². The van der Waals surface area contributed by atoms with Gasteiger partial charge < -0.3 is 10.1 Å². The molecule has 5 nitrogen and oxygen atoms in total. The van der Waals surface area contributed by atoms with E-state index in [2.05, 4.69) is 42.9 Å². The van der Waals surface area contributed by atoms with Crippen LogP contribution in [-0.4, -0.2) is 53.2 Å². The van der Waals surface area contributed by atoms with E-state index in [0.29, 0.717) is 22.8 Å². The van der Waals surface area contributed by atoms with Crippen LogP contribution in [0.15, 0.2) is 24.3 Å². The van der Waals surface area contributed by atoms with Crippen molar-refractivity contribution in [1.29, 1.82) is 0 Å². The summed E-state index contributed by atoms with van der Waals surface area (Å²) in [7, 11) is 0. The lowest BCUT2D eigenvalue weighted by Gasteiger charge is -2.45. The van der Waals surface area contributed by atoms with Crippen LogP contribution in [0, 0.1) is 6.92 Å². The highest BCUT2D eigenvalue weighted by atomic mass is 35.5. The van der Waals surface area contributed by atoms with E-state index < -0.39 is 0 Å². The van der Waals surface area contributed by atoms with E-state index in [-0.39, 0.29) is 23.7 Å². The van der Waals surface area contributed by atoms with Gasteiger partial charge in [0.2, 0.25) is 0 Å². The maximum absolute atomic E-state index is 12.8. The third-order valence-electron chi connectivity index (χ3n) is 5.17. The fourth-order valence-corrected chi connectivity index (χ4v) is 3.83. The minimum Gasteiger partial charge on any atom is -0.373 e. The van der Waals surface area contributed by atoms with Crippen molar-refractivity contribution in [2.45, 2.75) is 52.4 Å². The molecule has 0 bridgehead atoms. The zero-order valence-electron chi connectivity index (χ0n) is 16.7. The number of carbonyl (C=O) groups excluding carboxylic acids is 1. The van der Waals surface area contributed by atoms with Crippen LogP contribution in [0.1, 0.15) is 43.7 Å². The SMILES string of the molecule is Cc1nc2ccc(Cl)cc2cc1C(=O)NCC(C)(C)N1C[C@@H](C)O[C@H](C)C1. The van der Waals surface area contributed by atoms with E-state index >= 15 is 0 Å². The summed E-state index contributed by atoms with van der Waals surface area (Å²) >= 11 is 6.08. The van der Waals surface area contributed by atoms with Crippen molar-refractivity contribution >= 4 is 28.4 Å². The van der Waals surface area contributed by atoms with Gasteiger partial charge in [0.15, 0.2) is 0 Å². The van der Waals surface area contributed by atoms with Gasteiger partial charge in [0.1, 0.15) is 0 Å². The first-order chi connectivity index (χ1) is 12.7. The molecule has 2 aromatic rings. The van der Waals surface area contributed by atoms with Crippen molar-refractivity contribution in [3.63, 3.8) is 0 Å². The van der Waals surface area contributed by atoms with Crippen LogP contribution < -0.4 is 5.32 Å². The van der Waals surface area contributed by atoms with Crippen LogP contribution in [0.2, 0.25) is 5.02 Å². The molecule has 0 saturated carbocycles. The molecule has 1 aromatic carbocycles. The number of rotatable bonds is 4. The van der Waals surface area contributed by atoms with Crippen molar-refractivity contribution in [3.8, 4) is 0 Å². The lowest BCUT2D eigenvalue weighted by atomic mass is 9.99. The Morgan fingerprint density at radius 3 is 2.63 bits per heavy atom. The molecule has 2 heterocycles. The van der Waals surface area contributed by atoms with Crippen molar-refractivity contribution < 1.29 is 9.53 Å². The molecular weight excluding hydrogens is 362 g/mol. The van der Waals surface area contributed by atoms with E-state index in [1.165, 1.54) is 0 Å². The number of nitrogens with one attached hydrogen (secondary N) is 1. The Hall–Kier alpha value is -1.69. The number of benzene rings is 1. The van der Waals surface area contributed by atoms with Gasteiger partial charge in [-0.15, -0.1) is 0 Å². The molecule has 1 saturated heterocycles. The second-order valence-electron chi connectivity index (χ2n) is 8.12. The molecule has 0 aliphatic carbocycles. The van der Waals surface area contributed by atoms with E-state index in [1.54, 1.807) is 0 Å². The topological polar surface area (TPSA) is 54.5 Å². The molecule has 0 radical (unpaired) electrons. The molecule has 27 heavy (non-hydrogen) atoms. The van der Waals surface area contributed by atoms with Crippen LogP contribution in [-0.2, 0) is 4.74 Å². The minimum absolute atomic E-state index is 0.107. The number of carbonyl (C=O) groups is 1. The largest absolute Gasteiger partial charge is 0.373 e. The Balaban J connectivity index is 1.73. The van der Waals surface area contributed by atoms with Crippen LogP contribution in [0.25, 0.3) is 10.9 Å². The molecule has 0 unspecified atom stereocenters. The maximum Gasteiger partial charge on any atom is 0.253 e. The highest BCUT2D eigenvalue weighted by molar-refractivity contribution is 6.31. The molecular formula is C21H28ClN3O2. The van der Waals surface area contributed by atoms with Crippen LogP contribution in [0.3, 0.4) is 0 Å². The molecule has 1 N–H and O–H groups in total. The smallest absolute Gasteiger partial charge is 0.253 e. The second-order valence-corrected chi connectivity index (χ2v) is 8.55. The molecule has 3 rings (SSSR count). The average molecular weight is 390 g/mol. The van der Waals surface area contributed by atoms with Gasteiger partial charge in [-0.2, -0.15) is 0 Å². The summed E-state index contributed by atoms with van der Waals surface area (Å²) in [6, 6.07) is 7.38. The lowest BCUT2D eigenvalue weighted by Crippen LogP contribution is -2.58. The molecule has 1 aromatic heterocycles. The summed E-state index contributed by atoms with van der Waals surface area (Å²) < 4.78 is 5.82. The Kier molecular flexibility index (Phi) is 5.75. The third-order valence-corrected chi connectivity index (χ3v) is 5.40. The van der Waals surface area contributed by atoms with Crippen molar-refractivity contribution in [2.24, 2.45) is 0 Å². The first-order valence-electron chi connectivity index (χ1n) is 9.41. The van der Waals surface area contributed by atoms with Crippen LogP contribution in [0.5, 0.6) is 0 Å². The molecule has 6 heteroatoms. The highest BCUT2D eigenvalue weighted by Gasteiger charge is 2.33. The average Bonchev–Trinajstić information content (AvgIpc) is 2.58. The number of aromatic nitrogens is 1. The summed E-state index contributed by atoms with van der Waals surface area (Å²) in [5.74, 6) is -0.107. The standard InChI is InChI=1S/C21H28ClN3O2/c1-13-10-25(11-14(2)27-13)21(4,5)12-23-20(26)18-9-16-8-17(22)6-7-19(16)24-15(18)3/h6-9,13-14H,10-12H2,1-5H3,(H,23,26)/t13-,14-/m1/s1.